The standard InChI is InChI=1S/C27H38N2O6S2/c1-26(2,28-22(30)16-20-18(24(28)32)6-14-36-20)8-12-34-10-5-11-35-13-9-27(3,4)29-23(31)17-21-19(25(29)33)7-15-37-21/h16-19H,5-15H2,1-4H3. The van der Waals surface area contributed by atoms with Crippen LogP contribution >= 0.6 is 23.5 Å². The molecule has 4 aliphatic rings. The van der Waals surface area contributed by atoms with Crippen LogP contribution in [0.2, 0.25) is 0 Å². The molecule has 4 amide bonds. The van der Waals surface area contributed by atoms with Crippen molar-refractivity contribution in [3.63, 3.8) is 0 Å². The molecule has 37 heavy (non-hydrogen) atoms. The van der Waals surface area contributed by atoms with Crippen molar-refractivity contribution in [2.24, 2.45) is 11.8 Å². The maximum Gasteiger partial charge on any atom is 0.254 e. The summed E-state index contributed by atoms with van der Waals surface area (Å²) in [7, 11) is 0. The largest absolute Gasteiger partial charge is 0.381 e. The Labute approximate surface area is 227 Å². The Kier molecular flexibility index (Phi) is 8.93. The minimum Gasteiger partial charge on any atom is -0.381 e. The average Bonchev–Trinajstić information content (AvgIpc) is 3.47. The third kappa shape index (κ3) is 6.18. The van der Waals surface area contributed by atoms with Gasteiger partial charge in [-0.05, 0) is 71.3 Å². The normalized spacial score (nSPS) is 24.4. The molecule has 2 saturated heterocycles. The van der Waals surface area contributed by atoms with Gasteiger partial charge in [-0.25, -0.2) is 0 Å². The Hall–Kier alpha value is -1.62. The third-order valence-corrected chi connectivity index (χ3v) is 9.90. The fraction of sp³-hybridized carbons (Fsp3) is 0.704. The van der Waals surface area contributed by atoms with Gasteiger partial charge in [-0.3, -0.25) is 29.0 Å². The van der Waals surface area contributed by atoms with Crippen molar-refractivity contribution in [2.75, 3.05) is 37.9 Å². The molecule has 2 fully saturated rings. The fourth-order valence-corrected chi connectivity index (χ4v) is 7.67. The fourth-order valence-electron chi connectivity index (χ4n) is 5.28. The van der Waals surface area contributed by atoms with Gasteiger partial charge in [-0.15, -0.1) is 23.5 Å². The number of nitrogens with zero attached hydrogens (tertiary/aromatic N) is 2. The van der Waals surface area contributed by atoms with Crippen LogP contribution in [0, 0.1) is 11.8 Å². The van der Waals surface area contributed by atoms with Crippen LogP contribution in [0.5, 0.6) is 0 Å². The molecule has 0 spiro atoms. The van der Waals surface area contributed by atoms with Crippen molar-refractivity contribution in [1.29, 1.82) is 0 Å². The summed E-state index contributed by atoms with van der Waals surface area (Å²) in [6.45, 7) is 9.58. The molecular weight excluding hydrogens is 512 g/mol. The molecule has 0 aromatic heterocycles. The van der Waals surface area contributed by atoms with Gasteiger partial charge in [0.1, 0.15) is 0 Å². The summed E-state index contributed by atoms with van der Waals surface area (Å²) in [6, 6.07) is 0. The molecule has 0 aromatic rings. The third-order valence-electron chi connectivity index (χ3n) is 7.55. The highest BCUT2D eigenvalue weighted by atomic mass is 32.2. The molecule has 0 aliphatic carbocycles. The lowest BCUT2D eigenvalue weighted by molar-refractivity contribution is -0.153. The van der Waals surface area contributed by atoms with Crippen molar-refractivity contribution in [1.82, 2.24) is 9.80 Å². The van der Waals surface area contributed by atoms with Gasteiger partial charge in [0.05, 0.1) is 11.8 Å². The van der Waals surface area contributed by atoms with Gasteiger partial charge in [0.15, 0.2) is 0 Å². The molecule has 204 valence electrons. The van der Waals surface area contributed by atoms with Crippen LogP contribution < -0.4 is 0 Å². The molecule has 0 radical (unpaired) electrons. The van der Waals surface area contributed by atoms with Gasteiger partial charge in [0, 0.05) is 59.5 Å². The van der Waals surface area contributed by atoms with Crippen molar-refractivity contribution in [3.8, 4) is 0 Å². The van der Waals surface area contributed by atoms with E-state index in [-0.39, 0.29) is 35.5 Å². The number of amides is 4. The highest BCUT2D eigenvalue weighted by molar-refractivity contribution is 8.03. The van der Waals surface area contributed by atoms with E-state index < -0.39 is 11.1 Å². The number of carbonyl (C=O) groups is 4. The molecule has 0 N–H and O–H groups in total. The van der Waals surface area contributed by atoms with Crippen molar-refractivity contribution in [2.45, 2.75) is 70.9 Å². The summed E-state index contributed by atoms with van der Waals surface area (Å²) >= 11 is 3.22. The minimum absolute atomic E-state index is 0.0830. The Morgan fingerprint density at radius 3 is 1.54 bits per heavy atom. The number of hydrogen-bond donors (Lipinski definition) is 0. The summed E-state index contributed by atoms with van der Waals surface area (Å²) in [4.78, 5) is 55.7. The van der Waals surface area contributed by atoms with Gasteiger partial charge in [0.25, 0.3) is 11.8 Å². The molecule has 8 nitrogen and oxygen atoms in total. The van der Waals surface area contributed by atoms with Crippen LogP contribution in [0.3, 0.4) is 0 Å². The first-order valence-electron chi connectivity index (χ1n) is 13.1. The first-order chi connectivity index (χ1) is 17.5. The molecule has 4 rings (SSSR count). The molecule has 4 aliphatic heterocycles. The second-order valence-corrected chi connectivity index (χ2v) is 13.5. The first-order valence-corrected chi connectivity index (χ1v) is 15.1. The zero-order chi connectivity index (χ0) is 26.8. The molecule has 0 saturated carbocycles. The van der Waals surface area contributed by atoms with E-state index in [0.29, 0.717) is 45.7 Å². The van der Waals surface area contributed by atoms with E-state index in [1.807, 2.05) is 27.7 Å². The summed E-state index contributed by atoms with van der Waals surface area (Å²) in [6.07, 6.45) is 6.69. The van der Waals surface area contributed by atoms with Gasteiger partial charge in [0.2, 0.25) is 11.8 Å². The molecule has 2 atom stereocenters. The van der Waals surface area contributed by atoms with Crippen molar-refractivity contribution >= 4 is 47.2 Å². The highest BCUT2D eigenvalue weighted by Crippen LogP contribution is 2.42. The lowest BCUT2D eigenvalue weighted by atomic mass is 9.92. The average molecular weight is 551 g/mol. The highest BCUT2D eigenvalue weighted by Gasteiger charge is 2.45. The van der Waals surface area contributed by atoms with E-state index >= 15 is 0 Å². The summed E-state index contributed by atoms with van der Waals surface area (Å²) in [5.41, 5.74) is -1.22. The van der Waals surface area contributed by atoms with Crippen molar-refractivity contribution in [3.05, 3.63) is 22.0 Å². The zero-order valence-corrected chi connectivity index (χ0v) is 23.9. The number of carbonyl (C=O) groups excluding carboxylic acids is 4. The SMILES string of the molecule is CC(C)(CCOCCCOCCC(C)(C)N1C(=O)C=C2SCCC2C1=O)N1C(=O)C=C2SCCC2C1=O. The molecule has 10 heteroatoms. The van der Waals surface area contributed by atoms with Crippen LogP contribution in [-0.2, 0) is 28.7 Å². The van der Waals surface area contributed by atoms with Gasteiger partial charge in [-0.1, -0.05) is 0 Å². The zero-order valence-electron chi connectivity index (χ0n) is 22.2. The summed E-state index contributed by atoms with van der Waals surface area (Å²) < 4.78 is 11.5. The maximum absolute atomic E-state index is 12.9. The number of ether oxygens (including phenoxy) is 2. The topological polar surface area (TPSA) is 93.2 Å². The molecular formula is C27H38N2O6S2. The second kappa shape index (κ2) is 11.6. The van der Waals surface area contributed by atoms with E-state index in [9.17, 15) is 19.2 Å². The first kappa shape index (κ1) is 28.4. The monoisotopic (exact) mass is 550 g/mol. The van der Waals surface area contributed by atoms with Crippen LogP contribution in [0.15, 0.2) is 22.0 Å². The Morgan fingerprint density at radius 2 is 1.14 bits per heavy atom. The van der Waals surface area contributed by atoms with E-state index in [0.717, 1.165) is 34.2 Å². The number of rotatable bonds is 12. The van der Waals surface area contributed by atoms with E-state index in [1.165, 1.54) is 9.80 Å². The Morgan fingerprint density at radius 1 is 0.730 bits per heavy atom. The van der Waals surface area contributed by atoms with Crippen molar-refractivity contribution < 1.29 is 28.7 Å². The summed E-state index contributed by atoms with van der Waals surface area (Å²) in [5.74, 6) is 0.842. The lowest BCUT2D eigenvalue weighted by Gasteiger charge is -2.40. The number of imide groups is 2. The Balaban J connectivity index is 1.12. The smallest absolute Gasteiger partial charge is 0.254 e. The second-order valence-electron chi connectivity index (χ2n) is 11.2. The summed E-state index contributed by atoms with van der Waals surface area (Å²) in [5, 5.41) is 0. The molecule has 0 aromatic carbocycles. The van der Waals surface area contributed by atoms with Crippen LogP contribution in [0.25, 0.3) is 0 Å². The van der Waals surface area contributed by atoms with Gasteiger partial charge < -0.3 is 9.47 Å². The van der Waals surface area contributed by atoms with E-state index in [2.05, 4.69) is 0 Å². The molecule has 0 bridgehead atoms. The van der Waals surface area contributed by atoms with Gasteiger partial charge in [-0.2, -0.15) is 0 Å². The quantitative estimate of drug-likeness (QED) is 0.268. The van der Waals surface area contributed by atoms with E-state index in [4.69, 9.17) is 9.47 Å². The van der Waals surface area contributed by atoms with Crippen LogP contribution in [0.4, 0.5) is 0 Å². The predicted molar refractivity (Wildman–Crippen MR) is 145 cm³/mol. The minimum atomic E-state index is -0.609. The number of fused-ring (bicyclic) bond motifs is 2. The maximum atomic E-state index is 12.9. The van der Waals surface area contributed by atoms with Crippen LogP contribution in [-0.4, -0.2) is 82.4 Å². The predicted octanol–water partition coefficient (Wildman–Crippen LogP) is 3.76. The molecule has 4 heterocycles. The Bertz CT molecular complexity index is 927. The number of thioether (sulfide) groups is 2. The van der Waals surface area contributed by atoms with Gasteiger partial charge >= 0.3 is 0 Å². The van der Waals surface area contributed by atoms with Crippen LogP contribution in [0.1, 0.15) is 59.8 Å². The lowest BCUT2D eigenvalue weighted by Crippen LogP contribution is -2.55. The molecule has 2 unspecified atom stereocenters. The number of hydrogen-bond acceptors (Lipinski definition) is 8. The van der Waals surface area contributed by atoms with E-state index in [1.54, 1.807) is 35.7 Å².